The first-order valence-electron chi connectivity index (χ1n) is 7.00. The monoisotopic (exact) mass is 332 g/mol. The van der Waals surface area contributed by atoms with Crippen LogP contribution in [0.4, 0.5) is 8.78 Å². The van der Waals surface area contributed by atoms with Gasteiger partial charge in [0.15, 0.2) is 5.78 Å². The summed E-state index contributed by atoms with van der Waals surface area (Å²) in [5, 5.41) is 0. The molecular formula is C18H14F2O4. The van der Waals surface area contributed by atoms with Crippen molar-refractivity contribution in [1.82, 2.24) is 0 Å². The number of halogens is 2. The van der Waals surface area contributed by atoms with Gasteiger partial charge < -0.3 is 9.47 Å². The van der Waals surface area contributed by atoms with Gasteiger partial charge in [-0.25, -0.2) is 4.79 Å². The van der Waals surface area contributed by atoms with Crippen LogP contribution in [0.15, 0.2) is 54.6 Å². The lowest BCUT2D eigenvalue weighted by molar-refractivity contribution is -0.128. The van der Waals surface area contributed by atoms with Crippen molar-refractivity contribution in [3.05, 3.63) is 65.7 Å². The minimum absolute atomic E-state index is 0.0373. The maximum Gasteiger partial charge on any atom is 0.387 e. The van der Waals surface area contributed by atoms with Crippen LogP contribution in [0.1, 0.15) is 22.8 Å². The van der Waals surface area contributed by atoms with Crippen LogP contribution < -0.4 is 9.47 Å². The van der Waals surface area contributed by atoms with E-state index >= 15 is 0 Å². The van der Waals surface area contributed by atoms with Crippen molar-refractivity contribution in [1.29, 1.82) is 0 Å². The lowest BCUT2D eigenvalue weighted by Gasteiger charge is -2.04. The maximum absolute atomic E-state index is 12.0. The summed E-state index contributed by atoms with van der Waals surface area (Å²) < 4.78 is 33.4. The quantitative estimate of drug-likeness (QED) is 0.346. The number of ketones is 1. The summed E-state index contributed by atoms with van der Waals surface area (Å²) in [6, 6.07) is 12.0. The highest BCUT2D eigenvalue weighted by Crippen LogP contribution is 2.16. The van der Waals surface area contributed by atoms with E-state index in [4.69, 9.17) is 4.74 Å². The third kappa shape index (κ3) is 5.31. The minimum Gasteiger partial charge on any atom is -0.435 e. The molecule has 2 aromatic rings. The lowest BCUT2D eigenvalue weighted by atomic mass is 10.1. The van der Waals surface area contributed by atoms with Crippen LogP contribution >= 0.6 is 0 Å². The molecule has 0 aliphatic rings. The Morgan fingerprint density at radius 3 is 2.08 bits per heavy atom. The smallest absolute Gasteiger partial charge is 0.387 e. The van der Waals surface area contributed by atoms with Gasteiger partial charge in [0.1, 0.15) is 11.5 Å². The van der Waals surface area contributed by atoms with Crippen molar-refractivity contribution < 1.29 is 27.8 Å². The van der Waals surface area contributed by atoms with Crippen molar-refractivity contribution in [2.24, 2.45) is 0 Å². The fourth-order valence-corrected chi connectivity index (χ4v) is 1.83. The first kappa shape index (κ1) is 17.3. The fourth-order valence-electron chi connectivity index (χ4n) is 1.83. The summed E-state index contributed by atoms with van der Waals surface area (Å²) >= 11 is 0. The average Bonchev–Trinajstić information content (AvgIpc) is 2.54. The van der Waals surface area contributed by atoms with Gasteiger partial charge in [-0.15, -0.1) is 0 Å². The predicted octanol–water partition coefficient (Wildman–Crippen LogP) is 4.11. The first-order chi connectivity index (χ1) is 11.4. The van der Waals surface area contributed by atoms with Gasteiger partial charge in [0, 0.05) is 11.6 Å². The van der Waals surface area contributed by atoms with E-state index in [0.717, 1.165) is 0 Å². The molecule has 0 heterocycles. The number of ether oxygens (including phenoxy) is 2. The van der Waals surface area contributed by atoms with Crippen LogP contribution in [0, 0.1) is 0 Å². The summed E-state index contributed by atoms with van der Waals surface area (Å²) in [6.07, 6.45) is 2.69. The number of carbonyl (C=O) groups excluding carboxylic acids is 2. The Bertz CT molecular complexity index is 735. The normalized spacial score (nSPS) is 10.8. The summed E-state index contributed by atoms with van der Waals surface area (Å²) in [5.74, 6) is -0.323. The van der Waals surface area contributed by atoms with Crippen molar-refractivity contribution >= 4 is 17.8 Å². The SMILES string of the molecule is CC(=O)c1ccc(OC(=O)/C=C/c2ccc(OC(F)F)cc2)cc1. The number of Topliss-reactive ketones (excluding diaryl/α,β-unsaturated/α-hetero) is 1. The molecule has 4 nitrogen and oxygen atoms in total. The fraction of sp³-hybridized carbons (Fsp3) is 0.111. The Kier molecular flexibility index (Phi) is 5.78. The number of rotatable bonds is 6. The van der Waals surface area contributed by atoms with E-state index in [9.17, 15) is 18.4 Å². The molecule has 2 rings (SSSR count). The molecule has 2 aromatic carbocycles. The zero-order chi connectivity index (χ0) is 17.5. The molecule has 0 radical (unpaired) electrons. The van der Waals surface area contributed by atoms with Crippen LogP contribution in [0.25, 0.3) is 6.08 Å². The molecule has 6 heteroatoms. The van der Waals surface area contributed by atoms with Crippen LogP contribution in [0.2, 0.25) is 0 Å². The second kappa shape index (κ2) is 8.01. The van der Waals surface area contributed by atoms with E-state index in [0.29, 0.717) is 16.9 Å². The molecule has 0 spiro atoms. The molecule has 0 atom stereocenters. The predicted molar refractivity (Wildman–Crippen MR) is 84.2 cm³/mol. The number of esters is 1. The van der Waals surface area contributed by atoms with Gasteiger partial charge in [-0.3, -0.25) is 4.79 Å². The molecule has 0 aliphatic heterocycles. The van der Waals surface area contributed by atoms with Gasteiger partial charge in [0.2, 0.25) is 0 Å². The maximum atomic E-state index is 12.0. The van der Waals surface area contributed by atoms with E-state index < -0.39 is 12.6 Å². The van der Waals surface area contributed by atoms with Crippen LogP contribution in [-0.2, 0) is 4.79 Å². The zero-order valence-electron chi connectivity index (χ0n) is 12.7. The molecule has 0 saturated heterocycles. The second-order valence-electron chi connectivity index (χ2n) is 4.78. The molecule has 0 aliphatic carbocycles. The van der Waals surface area contributed by atoms with E-state index in [-0.39, 0.29) is 11.5 Å². The highest BCUT2D eigenvalue weighted by atomic mass is 19.3. The van der Waals surface area contributed by atoms with Crippen LogP contribution in [0.3, 0.4) is 0 Å². The third-order valence-electron chi connectivity index (χ3n) is 3.00. The standard InChI is InChI=1S/C18H14F2O4/c1-12(21)14-5-9-15(10-6-14)23-17(22)11-4-13-2-7-16(8-3-13)24-18(19)20/h2-11,18H,1H3/b11-4+. The molecule has 24 heavy (non-hydrogen) atoms. The van der Waals surface area contributed by atoms with E-state index in [1.165, 1.54) is 55.5 Å². The third-order valence-corrected chi connectivity index (χ3v) is 3.00. The van der Waals surface area contributed by atoms with E-state index in [1.54, 1.807) is 12.1 Å². The number of benzene rings is 2. The van der Waals surface area contributed by atoms with Crippen molar-refractivity contribution in [3.8, 4) is 11.5 Å². The van der Waals surface area contributed by atoms with Crippen molar-refractivity contribution in [3.63, 3.8) is 0 Å². The first-order valence-corrected chi connectivity index (χ1v) is 7.00. The van der Waals surface area contributed by atoms with Gasteiger partial charge in [0.05, 0.1) is 0 Å². The van der Waals surface area contributed by atoms with Gasteiger partial charge in [-0.2, -0.15) is 8.78 Å². The molecule has 0 saturated carbocycles. The Balaban J connectivity index is 1.93. The molecule has 0 N–H and O–H groups in total. The molecule has 0 bridgehead atoms. The van der Waals surface area contributed by atoms with Gasteiger partial charge >= 0.3 is 12.6 Å². The zero-order valence-corrected chi connectivity index (χ0v) is 12.7. The van der Waals surface area contributed by atoms with Gasteiger partial charge in [0.25, 0.3) is 0 Å². The van der Waals surface area contributed by atoms with Crippen molar-refractivity contribution in [2.45, 2.75) is 13.5 Å². The number of alkyl halides is 2. The lowest BCUT2D eigenvalue weighted by Crippen LogP contribution is -2.04. The largest absolute Gasteiger partial charge is 0.435 e. The topological polar surface area (TPSA) is 52.6 Å². The number of hydrogen-bond donors (Lipinski definition) is 0. The Morgan fingerprint density at radius 2 is 1.54 bits per heavy atom. The minimum atomic E-state index is -2.88. The Morgan fingerprint density at radius 1 is 0.958 bits per heavy atom. The van der Waals surface area contributed by atoms with Crippen LogP contribution in [0.5, 0.6) is 11.5 Å². The molecule has 0 fully saturated rings. The molecule has 0 aromatic heterocycles. The highest BCUT2D eigenvalue weighted by Gasteiger charge is 2.04. The molecule has 0 unspecified atom stereocenters. The Hall–Kier alpha value is -3.02. The highest BCUT2D eigenvalue weighted by molar-refractivity contribution is 5.94. The van der Waals surface area contributed by atoms with E-state index in [1.807, 2.05) is 0 Å². The van der Waals surface area contributed by atoms with Gasteiger partial charge in [-0.1, -0.05) is 12.1 Å². The summed E-state index contributed by atoms with van der Waals surface area (Å²) in [6.45, 7) is -1.43. The van der Waals surface area contributed by atoms with Gasteiger partial charge in [-0.05, 0) is 55.0 Å². The van der Waals surface area contributed by atoms with Crippen molar-refractivity contribution in [2.75, 3.05) is 0 Å². The van der Waals surface area contributed by atoms with E-state index in [2.05, 4.69) is 4.74 Å². The molecule has 124 valence electrons. The second-order valence-corrected chi connectivity index (χ2v) is 4.78. The van der Waals surface area contributed by atoms with Crippen LogP contribution in [-0.4, -0.2) is 18.4 Å². The molecule has 0 amide bonds. The summed E-state index contributed by atoms with van der Waals surface area (Å²) in [4.78, 5) is 22.9. The molecular weight excluding hydrogens is 318 g/mol. The summed E-state index contributed by atoms with van der Waals surface area (Å²) in [5.41, 5.74) is 1.15. The number of carbonyl (C=O) groups is 2. The Labute approximate surface area is 137 Å². The number of hydrogen-bond acceptors (Lipinski definition) is 4. The average molecular weight is 332 g/mol. The summed E-state index contributed by atoms with van der Waals surface area (Å²) in [7, 11) is 0.